The van der Waals surface area contributed by atoms with Crippen LogP contribution in [0.15, 0.2) is 48.5 Å². The molecule has 0 aliphatic rings. The molecular formula is C17H17Cl2NO2. The summed E-state index contributed by atoms with van der Waals surface area (Å²) in [7, 11) is 1.61. The van der Waals surface area contributed by atoms with Crippen LogP contribution in [0.3, 0.4) is 0 Å². The Morgan fingerprint density at radius 2 is 1.73 bits per heavy atom. The fourth-order valence-electron chi connectivity index (χ4n) is 2.12. The highest BCUT2D eigenvalue weighted by molar-refractivity contribution is 6.35. The van der Waals surface area contributed by atoms with Crippen LogP contribution in [0.5, 0.6) is 0 Å². The Labute approximate surface area is 140 Å². The lowest BCUT2D eigenvalue weighted by atomic mass is 10.1. The van der Waals surface area contributed by atoms with Crippen molar-refractivity contribution in [3.8, 4) is 0 Å². The minimum absolute atomic E-state index is 0.120. The standard InChI is InChI=1S/C17H17Cl2NO2/c1-22-8-7-20(12-13-5-3-2-4-6-13)17(21)14-9-15(18)11-16(19)10-14/h2-6,9-11H,7-8,12H2,1H3. The van der Waals surface area contributed by atoms with Crippen molar-refractivity contribution in [3.63, 3.8) is 0 Å². The van der Waals surface area contributed by atoms with E-state index in [1.165, 1.54) is 0 Å². The molecule has 0 fully saturated rings. The lowest BCUT2D eigenvalue weighted by Gasteiger charge is -2.23. The van der Waals surface area contributed by atoms with Crippen LogP contribution in [0.1, 0.15) is 15.9 Å². The van der Waals surface area contributed by atoms with Crippen molar-refractivity contribution in [2.75, 3.05) is 20.3 Å². The summed E-state index contributed by atoms with van der Waals surface area (Å²) in [6.45, 7) is 1.47. The zero-order chi connectivity index (χ0) is 15.9. The van der Waals surface area contributed by atoms with Gasteiger partial charge in [0.1, 0.15) is 0 Å². The summed E-state index contributed by atoms with van der Waals surface area (Å²) < 4.78 is 5.10. The molecule has 0 aliphatic heterocycles. The van der Waals surface area contributed by atoms with E-state index in [4.69, 9.17) is 27.9 Å². The molecule has 0 saturated carbocycles. The summed E-state index contributed by atoms with van der Waals surface area (Å²) in [5.74, 6) is -0.120. The van der Waals surface area contributed by atoms with Crippen molar-refractivity contribution in [3.05, 3.63) is 69.7 Å². The summed E-state index contributed by atoms with van der Waals surface area (Å²) in [5, 5.41) is 0.893. The number of carbonyl (C=O) groups excluding carboxylic acids is 1. The first kappa shape index (κ1) is 16.8. The predicted molar refractivity (Wildman–Crippen MR) is 89.5 cm³/mol. The number of amides is 1. The summed E-state index contributed by atoms with van der Waals surface area (Å²) in [6, 6.07) is 14.7. The van der Waals surface area contributed by atoms with E-state index in [9.17, 15) is 4.79 Å². The Kier molecular flexibility index (Phi) is 6.25. The van der Waals surface area contributed by atoms with Crippen molar-refractivity contribution in [1.82, 2.24) is 4.90 Å². The first-order valence-electron chi connectivity index (χ1n) is 6.88. The monoisotopic (exact) mass is 337 g/mol. The highest BCUT2D eigenvalue weighted by Crippen LogP contribution is 2.21. The molecule has 0 atom stereocenters. The second-order valence-electron chi connectivity index (χ2n) is 4.86. The van der Waals surface area contributed by atoms with Crippen LogP contribution in [-0.2, 0) is 11.3 Å². The minimum Gasteiger partial charge on any atom is -0.383 e. The minimum atomic E-state index is -0.120. The molecule has 0 radical (unpaired) electrons. The van der Waals surface area contributed by atoms with Gasteiger partial charge in [0.2, 0.25) is 0 Å². The normalized spacial score (nSPS) is 10.5. The third-order valence-electron chi connectivity index (χ3n) is 3.18. The van der Waals surface area contributed by atoms with E-state index in [1.807, 2.05) is 30.3 Å². The second-order valence-corrected chi connectivity index (χ2v) is 5.74. The first-order valence-corrected chi connectivity index (χ1v) is 7.64. The van der Waals surface area contributed by atoms with Crippen LogP contribution in [0.4, 0.5) is 0 Å². The van der Waals surface area contributed by atoms with Crippen molar-refractivity contribution in [2.24, 2.45) is 0 Å². The maximum absolute atomic E-state index is 12.7. The Bertz CT molecular complexity index is 612. The number of methoxy groups -OCH3 is 1. The molecule has 5 heteroatoms. The molecule has 0 spiro atoms. The van der Waals surface area contributed by atoms with E-state index in [2.05, 4.69) is 0 Å². The average Bonchev–Trinajstić information content (AvgIpc) is 2.50. The van der Waals surface area contributed by atoms with Gasteiger partial charge in [-0.2, -0.15) is 0 Å². The predicted octanol–water partition coefficient (Wildman–Crippen LogP) is 4.28. The number of benzene rings is 2. The van der Waals surface area contributed by atoms with Crippen molar-refractivity contribution in [2.45, 2.75) is 6.54 Å². The molecule has 2 aromatic rings. The third-order valence-corrected chi connectivity index (χ3v) is 3.61. The lowest BCUT2D eigenvalue weighted by Crippen LogP contribution is -2.33. The summed E-state index contributed by atoms with van der Waals surface area (Å²) in [5.41, 5.74) is 1.53. The molecule has 0 N–H and O–H groups in total. The van der Waals surface area contributed by atoms with E-state index in [1.54, 1.807) is 30.2 Å². The zero-order valence-corrected chi connectivity index (χ0v) is 13.8. The molecule has 0 saturated heterocycles. The zero-order valence-electron chi connectivity index (χ0n) is 12.3. The molecule has 1 amide bonds. The van der Waals surface area contributed by atoms with Crippen LogP contribution >= 0.6 is 23.2 Å². The number of carbonyl (C=O) groups is 1. The molecule has 0 heterocycles. The lowest BCUT2D eigenvalue weighted by molar-refractivity contribution is 0.0680. The van der Waals surface area contributed by atoms with Crippen molar-refractivity contribution < 1.29 is 9.53 Å². The largest absolute Gasteiger partial charge is 0.383 e. The van der Waals surface area contributed by atoms with E-state index in [0.717, 1.165) is 5.56 Å². The Morgan fingerprint density at radius 1 is 1.09 bits per heavy atom. The van der Waals surface area contributed by atoms with Crippen LogP contribution in [0.2, 0.25) is 10.0 Å². The fraction of sp³-hybridized carbons (Fsp3) is 0.235. The van der Waals surface area contributed by atoms with E-state index in [0.29, 0.717) is 35.3 Å². The van der Waals surface area contributed by atoms with Crippen LogP contribution in [-0.4, -0.2) is 31.1 Å². The van der Waals surface area contributed by atoms with Gasteiger partial charge < -0.3 is 9.64 Å². The van der Waals surface area contributed by atoms with E-state index in [-0.39, 0.29) is 5.91 Å². The molecule has 2 rings (SSSR count). The molecule has 2 aromatic carbocycles. The van der Waals surface area contributed by atoms with E-state index < -0.39 is 0 Å². The van der Waals surface area contributed by atoms with Gasteiger partial charge in [-0.1, -0.05) is 53.5 Å². The van der Waals surface area contributed by atoms with Crippen molar-refractivity contribution in [1.29, 1.82) is 0 Å². The van der Waals surface area contributed by atoms with Gasteiger partial charge in [-0.3, -0.25) is 4.79 Å². The molecule has 116 valence electrons. The maximum Gasteiger partial charge on any atom is 0.254 e. The van der Waals surface area contributed by atoms with Gasteiger partial charge in [0.25, 0.3) is 5.91 Å². The number of hydrogen-bond acceptors (Lipinski definition) is 2. The summed E-state index contributed by atoms with van der Waals surface area (Å²) in [4.78, 5) is 14.4. The fourth-order valence-corrected chi connectivity index (χ4v) is 2.64. The Hall–Kier alpha value is -1.55. The number of halogens is 2. The topological polar surface area (TPSA) is 29.5 Å². The van der Waals surface area contributed by atoms with Crippen LogP contribution in [0.25, 0.3) is 0 Å². The molecule has 0 unspecified atom stereocenters. The smallest absolute Gasteiger partial charge is 0.254 e. The van der Waals surface area contributed by atoms with Gasteiger partial charge in [0.15, 0.2) is 0 Å². The molecule has 0 bridgehead atoms. The number of hydrogen-bond donors (Lipinski definition) is 0. The average molecular weight is 338 g/mol. The quantitative estimate of drug-likeness (QED) is 0.787. The molecular weight excluding hydrogens is 321 g/mol. The highest BCUT2D eigenvalue weighted by Gasteiger charge is 2.17. The van der Waals surface area contributed by atoms with Crippen molar-refractivity contribution >= 4 is 29.1 Å². The molecule has 3 nitrogen and oxygen atoms in total. The van der Waals surface area contributed by atoms with Gasteiger partial charge in [-0.25, -0.2) is 0 Å². The maximum atomic E-state index is 12.7. The van der Waals surface area contributed by atoms with E-state index >= 15 is 0 Å². The third kappa shape index (κ3) is 4.73. The number of nitrogens with zero attached hydrogens (tertiary/aromatic N) is 1. The van der Waals surface area contributed by atoms with Gasteiger partial charge >= 0.3 is 0 Å². The number of rotatable bonds is 6. The van der Waals surface area contributed by atoms with Gasteiger partial charge in [0, 0.05) is 35.8 Å². The number of ether oxygens (including phenoxy) is 1. The van der Waals surface area contributed by atoms with Gasteiger partial charge in [-0.05, 0) is 23.8 Å². The SMILES string of the molecule is COCCN(Cc1ccccc1)C(=O)c1cc(Cl)cc(Cl)c1. The van der Waals surface area contributed by atoms with Gasteiger partial charge in [-0.15, -0.1) is 0 Å². The van der Waals surface area contributed by atoms with Crippen LogP contribution in [0, 0.1) is 0 Å². The van der Waals surface area contributed by atoms with Crippen LogP contribution < -0.4 is 0 Å². The summed E-state index contributed by atoms with van der Waals surface area (Å²) in [6.07, 6.45) is 0. The molecule has 0 aliphatic carbocycles. The first-order chi connectivity index (χ1) is 10.6. The van der Waals surface area contributed by atoms with Gasteiger partial charge in [0.05, 0.1) is 6.61 Å². The Balaban J connectivity index is 2.21. The Morgan fingerprint density at radius 3 is 2.32 bits per heavy atom. The molecule has 0 aromatic heterocycles. The second kappa shape index (κ2) is 8.18. The highest BCUT2D eigenvalue weighted by atomic mass is 35.5. The summed E-state index contributed by atoms with van der Waals surface area (Å²) >= 11 is 12.0. The molecule has 22 heavy (non-hydrogen) atoms.